The van der Waals surface area contributed by atoms with Crippen LogP contribution in [0.3, 0.4) is 0 Å². The fourth-order valence-electron chi connectivity index (χ4n) is 2.92. The number of aromatic nitrogens is 2. The SMILES string of the molecule is COCCNc1nc(N2CCN(CCO)CC2)nc2ccccc12. The molecular weight excluding hydrogens is 306 g/mol. The van der Waals surface area contributed by atoms with Crippen LogP contribution >= 0.6 is 0 Å². The second-order valence-corrected chi connectivity index (χ2v) is 5.86. The molecule has 2 N–H and O–H groups in total. The summed E-state index contributed by atoms with van der Waals surface area (Å²) in [5.41, 5.74) is 0.945. The molecular formula is C17H25N5O2. The third-order valence-electron chi connectivity index (χ3n) is 4.26. The van der Waals surface area contributed by atoms with Crippen LogP contribution in [0.4, 0.5) is 11.8 Å². The first kappa shape index (κ1) is 16.9. The standard InChI is InChI=1S/C17H25N5O2/c1-24-13-6-18-16-14-4-2-3-5-15(14)19-17(20-16)22-9-7-21(8-10-22)11-12-23/h2-5,23H,6-13H2,1H3,(H,18,19,20). The maximum atomic E-state index is 9.06. The largest absolute Gasteiger partial charge is 0.395 e. The molecule has 1 fully saturated rings. The molecule has 0 saturated carbocycles. The maximum Gasteiger partial charge on any atom is 0.227 e. The number of aliphatic hydroxyl groups is 1. The summed E-state index contributed by atoms with van der Waals surface area (Å²) in [6.45, 7) is 5.86. The van der Waals surface area contributed by atoms with Gasteiger partial charge in [0.25, 0.3) is 0 Å². The van der Waals surface area contributed by atoms with E-state index in [1.54, 1.807) is 7.11 Å². The lowest BCUT2D eigenvalue weighted by atomic mass is 10.2. The predicted octanol–water partition coefficient (Wildman–Crippen LogP) is 0.802. The molecule has 0 unspecified atom stereocenters. The number of β-amino-alcohol motifs (C(OH)–C–C–N with tert-alkyl or cyclic N) is 1. The van der Waals surface area contributed by atoms with Gasteiger partial charge in [-0.2, -0.15) is 4.98 Å². The Balaban J connectivity index is 1.80. The lowest BCUT2D eigenvalue weighted by Crippen LogP contribution is -2.47. The molecule has 1 aliphatic rings. The van der Waals surface area contributed by atoms with Gasteiger partial charge in [-0.15, -0.1) is 0 Å². The molecule has 1 saturated heterocycles. The molecule has 7 nitrogen and oxygen atoms in total. The van der Waals surface area contributed by atoms with Crippen molar-refractivity contribution in [2.24, 2.45) is 0 Å². The van der Waals surface area contributed by atoms with Gasteiger partial charge >= 0.3 is 0 Å². The van der Waals surface area contributed by atoms with Gasteiger partial charge in [0.2, 0.25) is 5.95 Å². The lowest BCUT2D eigenvalue weighted by molar-refractivity contribution is 0.188. The highest BCUT2D eigenvalue weighted by Crippen LogP contribution is 2.23. The van der Waals surface area contributed by atoms with Crippen molar-refractivity contribution in [3.05, 3.63) is 24.3 Å². The number of hydrogen-bond donors (Lipinski definition) is 2. The number of fused-ring (bicyclic) bond motifs is 1. The fourth-order valence-corrected chi connectivity index (χ4v) is 2.92. The molecule has 130 valence electrons. The predicted molar refractivity (Wildman–Crippen MR) is 95.6 cm³/mol. The van der Waals surface area contributed by atoms with Gasteiger partial charge in [-0.3, -0.25) is 4.90 Å². The van der Waals surface area contributed by atoms with Crippen molar-refractivity contribution in [1.82, 2.24) is 14.9 Å². The van der Waals surface area contributed by atoms with E-state index < -0.39 is 0 Å². The van der Waals surface area contributed by atoms with Crippen LogP contribution in [-0.4, -0.2) is 79.6 Å². The molecule has 2 heterocycles. The van der Waals surface area contributed by atoms with E-state index >= 15 is 0 Å². The van der Waals surface area contributed by atoms with Gasteiger partial charge in [-0.1, -0.05) is 12.1 Å². The number of nitrogens with zero attached hydrogens (tertiary/aromatic N) is 4. The van der Waals surface area contributed by atoms with E-state index in [4.69, 9.17) is 19.8 Å². The van der Waals surface area contributed by atoms with Crippen molar-refractivity contribution in [3.8, 4) is 0 Å². The number of aliphatic hydroxyl groups excluding tert-OH is 1. The number of anilines is 2. The Bertz CT molecular complexity index is 658. The number of hydrogen-bond acceptors (Lipinski definition) is 7. The number of nitrogens with one attached hydrogen (secondary N) is 1. The number of para-hydroxylation sites is 1. The molecule has 0 bridgehead atoms. The summed E-state index contributed by atoms with van der Waals surface area (Å²) in [5.74, 6) is 1.61. The average molecular weight is 331 g/mol. The van der Waals surface area contributed by atoms with Crippen LogP contribution in [-0.2, 0) is 4.74 Å². The van der Waals surface area contributed by atoms with Crippen LogP contribution < -0.4 is 10.2 Å². The highest BCUT2D eigenvalue weighted by atomic mass is 16.5. The van der Waals surface area contributed by atoms with Gasteiger partial charge in [0.15, 0.2) is 0 Å². The van der Waals surface area contributed by atoms with Crippen LogP contribution in [0.15, 0.2) is 24.3 Å². The number of benzene rings is 1. The third-order valence-corrected chi connectivity index (χ3v) is 4.26. The minimum atomic E-state index is 0.208. The highest BCUT2D eigenvalue weighted by molar-refractivity contribution is 5.90. The number of ether oxygens (including phenoxy) is 1. The van der Waals surface area contributed by atoms with Crippen LogP contribution in [0.25, 0.3) is 10.9 Å². The minimum absolute atomic E-state index is 0.208. The summed E-state index contributed by atoms with van der Waals surface area (Å²) >= 11 is 0. The zero-order valence-electron chi connectivity index (χ0n) is 14.1. The Morgan fingerprint density at radius 3 is 2.71 bits per heavy atom. The minimum Gasteiger partial charge on any atom is -0.395 e. The summed E-state index contributed by atoms with van der Waals surface area (Å²) in [7, 11) is 1.69. The van der Waals surface area contributed by atoms with E-state index in [1.807, 2.05) is 24.3 Å². The molecule has 0 radical (unpaired) electrons. The summed E-state index contributed by atoms with van der Waals surface area (Å²) in [4.78, 5) is 14.0. The molecule has 3 rings (SSSR count). The molecule has 0 atom stereocenters. The van der Waals surface area contributed by atoms with Crippen molar-refractivity contribution in [1.29, 1.82) is 0 Å². The topological polar surface area (TPSA) is 73.8 Å². The molecule has 1 aromatic carbocycles. The van der Waals surface area contributed by atoms with Gasteiger partial charge < -0.3 is 20.1 Å². The molecule has 0 aliphatic carbocycles. The van der Waals surface area contributed by atoms with E-state index in [1.165, 1.54) is 0 Å². The summed E-state index contributed by atoms with van der Waals surface area (Å²) in [6, 6.07) is 8.05. The van der Waals surface area contributed by atoms with Gasteiger partial charge in [0.05, 0.1) is 18.7 Å². The van der Waals surface area contributed by atoms with Gasteiger partial charge in [0.1, 0.15) is 5.82 Å². The van der Waals surface area contributed by atoms with Crippen LogP contribution in [0.1, 0.15) is 0 Å². The smallest absolute Gasteiger partial charge is 0.227 e. The van der Waals surface area contributed by atoms with Crippen molar-refractivity contribution >= 4 is 22.7 Å². The van der Waals surface area contributed by atoms with Crippen molar-refractivity contribution in [2.75, 3.05) is 69.8 Å². The van der Waals surface area contributed by atoms with E-state index in [0.29, 0.717) is 13.2 Å². The number of methoxy groups -OCH3 is 1. The van der Waals surface area contributed by atoms with Crippen LogP contribution in [0.2, 0.25) is 0 Å². The van der Waals surface area contributed by atoms with E-state index in [2.05, 4.69) is 15.1 Å². The summed E-state index contributed by atoms with van der Waals surface area (Å²) in [5, 5.41) is 13.4. The Hall–Kier alpha value is -1.96. The van der Waals surface area contributed by atoms with Crippen molar-refractivity contribution < 1.29 is 9.84 Å². The molecule has 1 aromatic heterocycles. The number of rotatable bonds is 7. The second-order valence-electron chi connectivity index (χ2n) is 5.86. The quantitative estimate of drug-likeness (QED) is 0.727. The zero-order valence-corrected chi connectivity index (χ0v) is 14.1. The molecule has 7 heteroatoms. The van der Waals surface area contributed by atoms with Gasteiger partial charge in [-0.25, -0.2) is 4.98 Å². The zero-order chi connectivity index (χ0) is 16.8. The number of piperazine rings is 1. The van der Waals surface area contributed by atoms with Crippen molar-refractivity contribution in [3.63, 3.8) is 0 Å². The Morgan fingerprint density at radius 2 is 1.96 bits per heavy atom. The second kappa shape index (κ2) is 8.23. The van der Waals surface area contributed by atoms with Gasteiger partial charge in [-0.05, 0) is 12.1 Å². The maximum absolute atomic E-state index is 9.06. The van der Waals surface area contributed by atoms with Crippen molar-refractivity contribution in [2.45, 2.75) is 0 Å². The lowest BCUT2D eigenvalue weighted by Gasteiger charge is -2.34. The van der Waals surface area contributed by atoms with E-state index in [9.17, 15) is 0 Å². The highest BCUT2D eigenvalue weighted by Gasteiger charge is 2.19. The average Bonchev–Trinajstić information content (AvgIpc) is 2.62. The van der Waals surface area contributed by atoms with Crippen LogP contribution in [0.5, 0.6) is 0 Å². The Kier molecular flexibility index (Phi) is 5.79. The first-order valence-electron chi connectivity index (χ1n) is 8.39. The van der Waals surface area contributed by atoms with Crippen LogP contribution in [0, 0.1) is 0 Å². The molecule has 0 amide bonds. The Labute approximate surface area is 142 Å². The summed E-state index contributed by atoms with van der Waals surface area (Å²) in [6.07, 6.45) is 0. The molecule has 24 heavy (non-hydrogen) atoms. The monoisotopic (exact) mass is 331 g/mol. The normalized spacial score (nSPS) is 15.8. The molecule has 1 aliphatic heterocycles. The van der Waals surface area contributed by atoms with Gasteiger partial charge in [0, 0.05) is 51.8 Å². The van der Waals surface area contributed by atoms with E-state index in [-0.39, 0.29) is 6.61 Å². The fraction of sp³-hybridized carbons (Fsp3) is 0.529. The van der Waals surface area contributed by atoms with E-state index in [0.717, 1.165) is 55.4 Å². The summed E-state index contributed by atoms with van der Waals surface area (Å²) < 4.78 is 5.11. The molecule has 0 spiro atoms. The third kappa shape index (κ3) is 3.92. The molecule has 2 aromatic rings. The first-order valence-corrected chi connectivity index (χ1v) is 8.39. The Morgan fingerprint density at radius 1 is 1.17 bits per heavy atom. The first-order chi connectivity index (χ1) is 11.8.